The number of nitrogens with one attached hydrogen (secondary N) is 2. The number of benzene rings is 2. The van der Waals surface area contributed by atoms with E-state index in [2.05, 4.69) is 10.6 Å². The molecule has 2 aliphatic rings. The Labute approximate surface area is 172 Å². The molecule has 8 heteroatoms. The van der Waals surface area contributed by atoms with Crippen molar-refractivity contribution in [2.45, 2.75) is 12.6 Å². The zero-order chi connectivity index (χ0) is 19.8. The number of nitrogens with zero attached hydrogens (tertiary/aromatic N) is 1. The highest BCUT2D eigenvalue weighted by Crippen LogP contribution is 2.35. The van der Waals surface area contributed by atoms with Gasteiger partial charge in [-0.15, -0.1) is 0 Å². The van der Waals surface area contributed by atoms with Gasteiger partial charge in [-0.05, 0) is 35.4 Å². The molecule has 4 rings (SSSR count). The lowest BCUT2D eigenvalue weighted by atomic mass is 9.96. The summed E-state index contributed by atoms with van der Waals surface area (Å²) in [7, 11) is 1.61. The summed E-state index contributed by atoms with van der Waals surface area (Å²) >= 11 is 12.1. The van der Waals surface area contributed by atoms with E-state index in [9.17, 15) is 9.59 Å². The van der Waals surface area contributed by atoms with Gasteiger partial charge in [0.15, 0.2) is 0 Å². The molecule has 2 heterocycles. The Morgan fingerprint density at radius 1 is 1.11 bits per heavy atom. The van der Waals surface area contributed by atoms with Gasteiger partial charge in [-0.3, -0.25) is 4.79 Å². The number of urea groups is 1. The molecule has 0 saturated heterocycles. The minimum absolute atomic E-state index is 0.130. The van der Waals surface area contributed by atoms with Gasteiger partial charge in [0.05, 0.1) is 41.0 Å². The molecule has 0 radical (unpaired) electrons. The molecule has 2 aliphatic heterocycles. The van der Waals surface area contributed by atoms with E-state index in [-0.39, 0.29) is 11.9 Å². The van der Waals surface area contributed by atoms with E-state index in [4.69, 9.17) is 27.9 Å². The van der Waals surface area contributed by atoms with E-state index < -0.39 is 6.04 Å². The Bertz CT molecular complexity index is 989. The van der Waals surface area contributed by atoms with Gasteiger partial charge in [0.1, 0.15) is 5.75 Å². The molecule has 2 N–H and O–H groups in total. The summed E-state index contributed by atoms with van der Waals surface area (Å²) in [4.78, 5) is 26.9. The monoisotopic (exact) mass is 417 g/mol. The van der Waals surface area contributed by atoms with Crippen LogP contribution in [0.5, 0.6) is 5.75 Å². The van der Waals surface area contributed by atoms with E-state index >= 15 is 0 Å². The average Bonchev–Trinajstić information content (AvgIpc) is 2.99. The predicted molar refractivity (Wildman–Crippen MR) is 106 cm³/mol. The molecule has 0 bridgehead atoms. The van der Waals surface area contributed by atoms with Crippen molar-refractivity contribution < 1.29 is 14.3 Å². The second kappa shape index (κ2) is 7.37. The maximum Gasteiger partial charge on any atom is 0.319 e. The molecule has 2 aromatic carbocycles. The molecule has 0 aromatic heterocycles. The number of ether oxygens (including phenoxy) is 1. The molecule has 0 unspecified atom stereocenters. The average molecular weight is 418 g/mol. The van der Waals surface area contributed by atoms with Gasteiger partial charge in [-0.2, -0.15) is 0 Å². The van der Waals surface area contributed by atoms with E-state index in [1.807, 2.05) is 24.3 Å². The van der Waals surface area contributed by atoms with Crippen LogP contribution in [0.15, 0.2) is 53.7 Å². The topological polar surface area (TPSA) is 70.7 Å². The molecule has 6 nitrogen and oxygen atoms in total. The molecule has 3 amide bonds. The second-order valence-electron chi connectivity index (χ2n) is 6.61. The molecule has 0 saturated carbocycles. The minimum Gasteiger partial charge on any atom is -0.497 e. The fraction of sp³-hybridized carbons (Fsp3) is 0.200. The number of hydrogen-bond acceptors (Lipinski definition) is 3. The Balaban J connectivity index is 1.60. The van der Waals surface area contributed by atoms with Crippen LogP contribution in [0.1, 0.15) is 17.2 Å². The summed E-state index contributed by atoms with van der Waals surface area (Å²) in [6.45, 7) is 0.769. The van der Waals surface area contributed by atoms with Crippen molar-refractivity contribution in [3.8, 4) is 5.75 Å². The van der Waals surface area contributed by atoms with E-state index in [1.54, 1.807) is 30.2 Å². The number of methoxy groups -OCH3 is 1. The van der Waals surface area contributed by atoms with Crippen LogP contribution in [0, 0.1) is 0 Å². The third-order valence-corrected chi connectivity index (χ3v) is 5.57. The molecule has 0 spiro atoms. The highest BCUT2D eigenvalue weighted by molar-refractivity contribution is 6.42. The number of rotatable bonds is 4. The molecular formula is C20H17Cl2N3O3. The number of carbonyl (C=O) groups excluding carboxylic acids is 2. The Kier molecular flexibility index (Phi) is 4.91. The SMILES string of the molecule is COc1ccc(CN2CC3=C(C2=O)[C@H](c2ccc(Cl)c(Cl)c2)NC(=O)N3)cc1. The highest BCUT2D eigenvalue weighted by Gasteiger charge is 2.40. The van der Waals surface area contributed by atoms with Crippen LogP contribution >= 0.6 is 23.2 Å². The summed E-state index contributed by atoms with van der Waals surface area (Å²) in [6.07, 6.45) is 0. The lowest BCUT2D eigenvalue weighted by Crippen LogP contribution is -2.44. The van der Waals surface area contributed by atoms with E-state index in [0.717, 1.165) is 11.3 Å². The van der Waals surface area contributed by atoms with E-state index in [0.29, 0.717) is 40.0 Å². The molecule has 28 heavy (non-hydrogen) atoms. The number of halogens is 2. The van der Waals surface area contributed by atoms with Gasteiger partial charge in [-0.25, -0.2) is 4.79 Å². The lowest BCUT2D eigenvalue weighted by molar-refractivity contribution is -0.126. The Morgan fingerprint density at radius 3 is 2.54 bits per heavy atom. The van der Waals surface area contributed by atoms with Crippen molar-refractivity contribution in [1.82, 2.24) is 15.5 Å². The third-order valence-electron chi connectivity index (χ3n) is 4.83. The maximum absolute atomic E-state index is 13.1. The van der Waals surface area contributed by atoms with Crippen molar-refractivity contribution in [3.63, 3.8) is 0 Å². The lowest BCUT2D eigenvalue weighted by Gasteiger charge is -2.25. The van der Waals surface area contributed by atoms with Crippen LogP contribution < -0.4 is 15.4 Å². The van der Waals surface area contributed by atoms with Gasteiger partial charge in [0.2, 0.25) is 0 Å². The molecule has 0 fully saturated rings. The van der Waals surface area contributed by atoms with Crippen LogP contribution in [-0.2, 0) is 11.3 Å². The van der Waals surface area contributed by atoms with Crippen LogP contribution in [0.4, 0.5) is 4.79 Å². The first-order valence-corrected chi connectivity index (χ1v) is 9.39. The number of carbonyl (C=O) groups is 2. The van der Waals surface area contributed by atoms with Crippen molar-refractivity contribution in [2.75, 3.05) is 13.7 Å². The van der Waals surface area contributed by atoms with Crippen LogP contribution in [0.2, 0.25) is 10.0 Å². The van der Waals surface area contributed by atoms with Crippen LogP contribution in [-0.4, -0.2) is 30.5 Å². The Hall–Kier alpha value is -2.70. The van der Waals surface area contributed by atoms with Crippen LogP contribution in [0.3, 0.4) is 0 Å². The third kappa shape index (κ3) is 3.41. The normalized spacial score (nSPS) is 18.7. The maximum atomic E-state index is 13.1. The molecule has 144 valence electrons. The van der Waals surface area contributed by atoms with Crippen LogP contribution in [0.25, 0.3) is 0 Å². The molecule has 2 aromatic rings. The van der Waals surface area contributed by atoms with Crippen molar-refractivity contribution in [2.24, 2.45) is 0 Å². The van der Waals surface area contributed by atoms with Gasteiger partial charge in [0, 0.05) is 6.54 Å². The van der Waals surface area contributed by atoms with Gasteiger partial charge >= 0.3 is 6.03 Å². The first-order chi connectivity index (χ1) is 13.5. The van der Waals surface area contributed by atoms with Crippen molar-refractivity contribution in [3.05, 3.63) is 74.9 Å². The summed E-state index contributed by atoms with van der Waals surface area (Å²) in [5.41, 5.74) is 2.81. The van der Waals surface area contributed by atoms with Gasteiger partial charge < -0.3 is 20.3 Å². The quantitative estimate of drug-likeness (QED) is 0.797. The zero-order valence-electron chi connectivity index (χ0n) is 15.0. The summed E-state index contributed by atoms with van der Waals surface area (Å²) in [5.74, 6) is 0.624. The highest BCUT2D eigenvalue weighted by atomic mass is 35.5. The standard InChI is InChI=1S/C20H17Cl2N3O3/c1-28-13-5-2-11(3-6-13)9-25-10-16-17(19(25)26)18(24-20(27)23-16)12-4-7-14(21)15(22)8-12/h2-8,18H,9-10H2,1H3,(H2,23,24,27)/t18-/m0/s1. The molecular weight excluding hydrogens is 401 g/mol. The number of hydrogen-bond donors (Lipinski definition) is 2. The molecule has 0 aliphatic carbocycles. The predicted octanol–water partition coefficient (Wildman–Crippen LogP) is 3.65. The first-order valence-electron chi connectivity index (χ1n) is 8.64. The first kappa shape index (κ1) is 18.7. The summed E-state index contributed by atoms with van der Waals surface area (Å²) in [5, 5.41) is 6.35. The molecule has 1 atom stereocenters. The van der Waals surface area contributed by atoms with E-state index in [1.165, 1.54) is 0 Å². The minimum atomic E-state index is -0.577. The van der Waals surface area contributed by atoms with Gasteiger partial charge in [-0.1, -0.05) is 41.4 Å². The smallest absolute Gasteiger partial charge is 0.319 e. The fourth-order valence-electron chi connectivity index (χ4n) is 3.45. The Morgan fingerprint density at radius 2 is 1.86 bits per heavy atom. The fourth-order valence-corrected chi connectivity index (χ4v) is 3.76. The summed E-state index contributed by atoms with van der Waals surface area (Å²) < 4.78 is 5.17. The number of amides is 3. The second-order valence-corrected chi connectivity index (χ2v) is 7.42. The summed E-state index contributed by atoms with van der Waals surface area (Å²) in [6, 6.07) is 11.7. The zero-order valence-corrected chi connectivity index (χ0v) is 16.5. The van der Waals surface area contributed by atoms with Crippen molar-refractivity contribution in [1.29, 1.82) is 0 Å². The largest absolute Gasteiger partial charge is 0.497 e. The van der Waals surface area contributed by atoms with Crippen molar-refractivity contribution >= 4 is 35.1 Å². The van der Waals surface area contributed by atoms with Gasteiger partial charge in [0.25, 0.3) is 5.91 Å².